The number of hydrogen-bond donors (Lipinski definition) is 2. The largest absolute Gasteiger partial charge is 0.446 e. The van der Waals surface area contributed by atoms with Gasteiger partial charge in [0.25, 0.3) is 0 Å². The second-order valence-electron chi connectivity index (χ2n) is 7.47. The van der Waals surface area contributed by atoms with Gasteiger partial charge in [-0.2, -0.15) is 13.1 Å². The van der Waals surface area contributed by atoms with Gasteiger partial charge in [0.2, 0.25) is 5.82 Å². The topological polar surface area (TPSA) is 171 Å². The second-order valence-corrected chi connectivity index (χ2v) is 10.9. The van der Waals surface area contributed by atoms with E-state index in [9.17, 15) is 22.4 Å². The Kier molecular flexibility index (Phi) is 7.79. The van der Waals surface area contributed by atoms with Crippen molar-refractivity contribution < 1.29 is 31.5 Å². The molecule has 0 aliphatic carbocycles. The number of nitrogens with zero attached hydrogens (tertiary/aromatic N) is 4. The highest BCUT2D eigenvalue weighted by atomic mass is 79.9. The van der Waals surface area contributed by atoms with E-state index in [2.05, 4.69) is 36.1 Å². The Morgan fingerprint density at radius 2 is 2.03 bits per heavy atom. The number of amides is 1. The molecule has 3 rings (SSSR count). The van der Waals surface area contributed by atoms with E-state index in [-0.39, 0.29) is 39.0 Å². The molecule has 0 atom stereocenters. The molecular weight excluding hydrogens is 563 g/mol. The number of thioether (sulfide) groups is 1. The average Bonchev–Trinajstić information content (AvgIpc) is 3.31. The third-order valence-electron chi connectivity index (χ3n) is 3.69. The second kappa shape index (κ2) is 10.2. The van der Waals surface area contributed by atoms with Gasteiger partial charge in [0, 0.05) is 12.3 Å². The van der Waals surface area contributed by atoms with Crippen molar-refractivity contribution >= 4 is 44.0 Å². The standard InChI is InChI=1S/C17H18BrFN6O7S2/c1-17(2,3)30-15(26)24-34(28,29)20-6-7-33-14-12(21-32-23-14)13-22-31-16(27)25(13)9-4-5-11(19)10(18)8-9/h4-5,8,20H,6-7H2,1-3H3,(H,24,26). The minimum atomic E-state index is -4.16. The highest BCUT2D eigenvalue weighted by Crippen LogP contribution is 2.28. The summed E-state index contributed by atoms with van der Waals surface area (Å²) in [6.07, 6.45) is -1.12. The van der Waals surface area contributed by atoms with E-state index in [0.29, 0.717) is 0 Å². The van der Waals surface area contributed by atoms with Gasteiger partial charge in [-0.05, 0) is 65.2 Å². The van der Waals surface area contributed by atoms with Crippen LogP contribution in [0.4, 0.5) is 9.18 Å². The fourth-order valence-corrected chi connectivity index (χ4v) is 4.38. The fourth-order valence-electron chi connectivity index (χ4n) is 2.43. The minimum Gasteiger partial charge on any atom is -0.443 e. The molecule has 0 fully saturated rings. The van der Waals surface area contributed by atoms with Gasteiger partial charge in [-0.25, -0.2) is 27.9 Å². The van der Waals surface area contributed by atoms with E-state index in [4.69, 9.17) is 13.9 Å². The summed E-state index contributed by atoms with van der Waals surface area (Å²) in [5.41, 5.74) is -0.571. The summed E-state index contributed by atoms with van der Waals surface area (Å²) < 4.78 is 56.9. The molecule has 17 heteroatoms. The Hall–Kier alpha value is -2.76. The van der Waals surface area contributed by atoms with Crippen LogP contribution >= 0.6 is 27.7 Å². The number of aromatic nitrogens is 4. The van der Waals surface area contributed by atoms with Gasteiger partial charge >= 0.3 is 22.1 Å². The predicted octanol–water partition coefficient (Wildman–Crippen LogP) is 2.23. The summed E-state index contributed by atoms with van der Waals surface area (Å²) >= 11 is 4.08. The van der Waals surface area contributed by atoms with Crippen molar-refractivity contribution in [3.05, 3.63) is 39.0 Å². The molecule has 0 aliphatic rings. The Morgan fingerprint density at radius 1 is 1.29 bits per heavy atom. The smallest absolute Gasteiger partial charge is 0.443 e. The zero-order valence-electron chi connectivity index (χ0n) is 17.9. The molecule has 0 radical (unpaired) electrons. The molecule has 2 aromatic heterocycles. The van der Waals surface area contributed by atoms with Crippen molar-refractivity contribution in [3.63, 3.8) is 0 Å². The van der Waals surface area contributed by atoms with Gasteiger partial charge in [0.1, 0.15) is 11.4 Å². The van der Waals surface area contributed by atoms with Crippen molar-refractivity contribution in [2.75, 3.05) is 12.3 Å². The molecule has 1 aromatic carbocycles. The summed E-state index contributed by atoms with van der Waals surface area (Å²) in [4.78, 5) is 23.8. The summed E-state index contributed by atoms with van der Waals surface area (Å²) in [5.74, 6) is -1.30. The minimum absolute atomic E-state index is 0.0473. The predicted molar refractivity (Wildman–Crippen MR) is 120 cm³/mol. The maximum absolute atomic E-state index is 13.6. The Bertz CT molecular complexity index is 1350. The van der Waals surface area contributed by atoms with Crippen LogP contribution in [0, 0.1) is 5.82 Å². The van der Waals surface area contributed by atoms with Gasteiger partial charge in [0.05, 0.1) is 10.2 Å². The number of hydrogen-bond acceptors (Lipinski definition) is 11. The van der Waals surface area contributed by atoms with Crippen LogP contribution in [0.15, 0.2) is 41.6 Å². The molecule has 2 N–H and O–H groups in total. The van der Waals surface area contributed by atoms with Crippen LogP contribution in [0.5, 0.6) is 0 Å². The van der Waals surface area contributed by atoms with Crippen LogP contribution in [0.3, 0.4) is 0 Å². The summed E-state index contributed by atoms with van der Waals surface area (Å²) in [6.45, 7) is 4.67. The molecule has 0 unspecified atom stereocenters. The first-order chi connectivity index (χ1) is 15.9. The third-order valence-corrected chi connectivity index (χ3v) is 6.26. The molecular formula is C17H18BrFN6O7S2. The van der Waals surface area contributed by atoms with Gasteiger partial charge in [0.15, 0.2) is 10.7 Å². The molecule has 1 amide bonds. The number of nitrogens with one attached hydrogen (secondary N) is 2. The molecule has 0 saturated heterocycles. The number of halogens is 2. The molecule has 0 aliphatic heterocycles. The fraction of sp³-hybridized carbons (Fsp3) is 0.353. The van der Waals surface area contributed by atoms with Crippen molar-refractivity contribution in [1.82, 2.24) is 29.5 Å². The van der Waals surface area contributed by atoms with E-state index in [1.165, 1.54) is 12.1 Å². The summed E-state index contributed by atoms with van der Waals surface area (Å²) in [7, 11) is -4.16. The Morgan fingerprint density at radius 3 is 2.71 bits per heavy atom. The normalized spacial score (nSPS) is 12.0. The van der Waals surface area contributed by atoms with Crippen LogP contribution in [-0.4, -0.2) is 52.4 Å². The number of carbonyl (C=O) groups is 1. The van der Waals surface area contributed by atoms with Crippen LogP contribution in [0.1, 0.15) is 20.8 Å². The van der Waals surface area contributed by atoms with E-state index in [1.54, 1.807) is 25.5 Å². The molecule has 13 nitrogen and oxygen atoms in total. The highest BCUT2D eigenvalue weighted by molar-refractivity contribution is 9.10. The lowest BCUT2D eigenvalue weighted by molar-refractivity contribution is 0.0569. The van der Waals surface area contributed by atoms with Crippen LogP contribution in [0.2, 0.25) is 0 Å². The van der Waals surface area contributed by atoms with Crippen molar-refractivity contribution in [1.29, 1.82) is 0 Å². The van der Waals surface area contributed by atoms with E-state index >= 15 is 0 Å². The van der Waals surface area contributed by atoms with E-state index < -0.39 is 33.5 Å². The zero-order chi connectivity index (χ0) is 25.1. The van der Waals surface area contributed by atoms with Crippen LogP contribution in [-0.2, 0) is 14.9 Å². The maximum Gasteiger partial charge on any atom is 0.446 e. The quantitative estimate of drug-likeness (QED) is 0.295. The van der Waals surface area contributed by atoms with Crippen LogP contribution in [0.25, 0.3) is 17.2 Å². The van der Waals surface area contributed by atoms with Gasteiger partial charge in [-0.3, -0.25) is 4.52 Å². The number of benzene rings is 1. The first kappa shape index (κ1) is 25.9. The van der Waals surface area contributed by atoms with E-state index in [0.717, 1.165) is 22.4 Å². The Labute approximate surface area is 204 Å². The first-order valence-corrected chi connectivity index (χ1v) is 12.6. The molecule has 34 heavy (non-hydrogen) atoms. The Balaban J connectivity index is 1.67. The van der Waals surface area contributed by atoms with Gasteiger partial charge in [-0.1, -0.05) is 16.9 Å². The molecule has 0 bridgehead atoms. The monoisotopic (exact) mass is 580 g/mol. The number of rotatable bonds is 8. The van der Waals surface area contributed by atoms with E-state index in [1.807, 2.05) is 0 Å². The lowest BCUT2D eigenvalue weighted by Gasteiger charge is -2.19. The maximum atomic E-state index is 13.6. The molecule has 0 spiro atoms. The van der Waals surface area contributed by atoms with Crippen LogP contribution < -0.4 is 15.2 Å². The van der Waals surface area contributed by atoms with Gasteiger partial charge in [-0.15, -0.1) is 0 Å². The zero-order valence-corrected chi connectivity index (χ0v) is 21.1. The third kappa shape index (κ3) is 6.64. The molecule has 3 aromatic rings. The lowest BCUT2D eigenvalue weighted by atomic mass is 10.2. The SMILES string of the molecule is CC(C)(C)OC(=O)NS(=O)(=O)NCCSc1nonc1-c1noc(=O)n1-c1ccc(F)c(Br)c1. The van der Waals surface area contributed by atoms with Crippen molar-refractivity contribution in [2.45, 2.75) is 31.4 Å². The summed E-state index contributed by atoms with van der Waals surface area (Å²) in [6, 6.07) is 3.84. The molecule has 2 heterocycles. The van der Waals surface area contributed by atoms with Gasteiger partial charge < -0.3 is 4.74 Å². The summed E-state index contributed by atoms with van der Waals surface area (Å²) in [5, 5.41) is 11.4. The average molecular weight is 581 g/mol. The first-order valence-electron chi connectivity index (χ1n) is 9.36. The van der Waals surface area contributed by atoms with Crippen molar-refractivity contribution in [2.24, 2.45) is 0 Å². The number of ether oxygens (including phenoxy) is 1. The lowest BCUT2D eigenvalue weighted by Crippen LogP contribution is -2.43. The molecule has 0 saturated carbocycles. The molecule has 184 valence electrons. The number of carbonyl (C=O) groups excluding carboxylic acids is 1. The van der Waals surface area contributed by atoms with Crippen molar-refractivity contribution in [3.8, 4) is 17.2 Å². The highest BCUT2D eigenvalue weighted by Gasteiger charge is 2.24.